The van der Waals surface area contributed by atoms with Crippen LogP contribution in [0.15, 0.2) is 0 Å². The van der Waals surface area contributed by atoms with E-state index in [1.807, 2.05) is 0 Å². The quantitative estimate of drug-likeness (QED) is 0.587. The second kappa shape index (κ2) is 5.23. The highest BCUT2D eigenvalue weighted by Crippen LogP contribution is 2.76. The van der Waals surface area contributed by atoms with Gasteiger partial charge < -0.3 is 4.74 Å². The highest BCUT2D eigenvalue weighted by atomic mass is 16.5. The molecular formula is C20H35NO. The molecule has 0 heterocycles. The van der Waals surface area contributed by atoms with Gasteiger partial charge in [-0.05, 0) is 60.2 Å². The van der Waals surface area contributed by atoms with Gasteiger partial charge in [0.15, 0.2) is 0 Å². The Hall–Kier alpha value is -0.550. The normalized spacial score (nSPS) is 31.2. The summed E-state index contributed by atoms with van der Waals surface area (Å²) in [5.41, 5.74) is 1.45. The lowest BCUT2D eigenvalue weighted by Crippen LogP contribution is -2.61. The fraction of sp³-hybridized carbons (Fsp3) is 0.950. The minimum Gasteiger partial charge on any atom is -0.384 e. The lowest BCUT2D eigenvalue weighted by atomic mass is 9.33. The van der Waals surface area contributed by atoms with Crippen LogP contribution in [0.3, 0.4) is 0 Å². The van der Waals surface area contributed by atoms with E-state index >= 15 is 0 Å². The summed E-state index contributed by atoms with van der Waals surface area (Å²) in [6.45, 7) is 15.1. The number of methoxy groups -OCH3 is 1. The molecule has 0 unspecified atom stereocenters. The standard InChI is InChI=1S/C20H35NO/c1-16(2,10-19-11-20(12-19,13-19)14-21)8-9-17(3,4)18(5,6)15-22-7/h8-13,15H2,1-7H3. The van der Waals surface area contributed by atoms with Crippen molar-refractivity contribution in [3.05, 3.63) is 0 Å². The third-order valence-corrected chi connectivity index (χ3v) is 6.99. The number of ether oxygens (including phenoxy) is 1. The molecule has 3 aliphatic carbocycles. The first kappa shape index (κ1) is 17.8. The van der Waals surface area contributed by atoms with Crippen LogP contribution in [0.1, 0.15) is 80.1 Å². The van der Waals surface area contributed by atoms with Crippen LogP contribution >= 0.6 is 0 Å². The Morgan fingerprint density at radius 1 is 0.955 bits per heavy atom. The molecule has 0 aromatic heterocycles. The van der Waals surface area contributed by atoms with Gasteiger partial charge in [-0.1, -0.05) is 41.5 Å². The van der Waals surface area contributed by atoms with Gasteiger partial charge >= 0.3 is 0 Å². The summed E-state index contributed by atoms with van der Waals surface area (Å²) in [6, 6.07) is 2.53. The molecule has 0 aromatic rings. The molecule has 0 radical (unpaired) electrons. The number of hydrogen-bond acceptors (Lipinski definition) is 2. The SMILES string of the molecule is COCC(C)(C)C(C)(C)CCC(C)(C)CC12CC(C#N)(C1)C2. The minimum absolute atomic E-state index is 0.0931. The van der Waals surface area contributed by atoms with Crippen molar-refractivity contribution in [3.63, 3.8) is 0 Å². The fourth-order valence-electron chi connectivity index (χ4n) is 4.95. The van der Waals surface area contributed by atoms with Gasteiger partial charge in [0, 0.05) is 7.11 Å². The molecule has 3 aliphatic rings. The molecule has 3 saturated carbocycles. The predicted molar refractivity (Wildman–Crippen MR) is 91.4 cm³/mol. The molecule has 0 amide bonds. The van der Waals surface area contributed by atoms with Gasteiger partial charge in [0.25, 0.3) is 0 Å². The summed E-state index contributed by atoms with van der Waals surface area (Å²) < 4.78 is 5.43. The Morgan fingerprint density at radius 3 is 1.95 bits per heavy atom. The molecule has 0 N–H and O–H groups in total. The van der Waals surface area contributed by atoms with E-state index in [-0.39, 0.29) is 16.2 Å². The Balaban J connectivity index is 1.87. The zero-order valence-corrected chi connectivity index (χ0v) is 15.8. The zero-order chi connectivity index (χ0) is 16.9. The molecule has 2 heteroatoms. The average molecular weight is 306 g/mol. The molecule has 22 heavy (non-hydrogen) atoms. The summed E-state index contributed by atoms with van der Waals surface area (Å²) in [7, 11) is 1.80. The summed E-state index contributed by atoms with van der Waals surface area (Å²) in [4.78, 5) is 0. The maximum atomic E-state index is 9.18. The Morgan fingerprint density at radius 2 is 1.50 bits per heavy atom. The Labute approximate surface area is 137 Å². The molecule has 0 atom stereocenters. The third-order valence-electron chi connectivity index (χ3n) is 6.99. The van der Waals surface area contributed by atoms with E-state index in [1.54, 1.807) is 7.11 Å². The fourth-order valence-corrected chi connectivity index (χ4v) is 4.95. The summed E-state index contributed by atoms with van der Waals surface area (Å²) in [6.07, 6.45) is 7.28. The van der Waals surface area contributed by atoms with Crippen LogP contribution in [0.2, 0.25) is 0 Å². The van der Waals surface area contributed by atoms with Crippen LogP contribution in [-0.4, -0.2) is 13.7 Å². The highest BCUT2D eigenvalue weighted by Gasteiger charge is 2.68. The van der Waals surface area contributed by atoms with E-state index < -0.39 is 0 Å². The van der Waals surface area contributed by atoms with Crippen LogP contribution in [-0.2, 0) is 4.74 Å². The van der Waals surface area contributed by atoms with Crippen molar-refractivity contribution in [2.45, 2.75) is 80.1 Å². The van der Waals surface area contributed by atoms with Crippen molar-refractivity contribution in [3.8, 4) is 6.07 Å². The first-order valence-corrected chi connectivity index (χ1v) is 8.81. The number of nitriles is 1. The smallest absolute Gasteiger partial charge is 0.0690 e. The highest BCUT2D eigenvalue weighted by molar-refractivity contribution is 5.26. The monoisotopic (exact) mass is 305 g/mol. The van der Waals surface area contributed by atoms with Crippen LogP contribution < -0.4 is 0 Å². The summed E-state index contributed by atoms with van der Waals surface area (Å²) in [5, 5.41) is 9.18. The third kappa shape index (κ3) is 3.07. The number of nitrogens with zero attached hydrogens (tertiary/aromatic N) is 1. The van der Waals surface area contributed by atoms with Gasteiger partial charge in [0.2, 0.25) is 0 Å². The second-order valence-electron chi connectivity index (χ2n) is 10.5. The first-order valence-electron chi connectivity index (χ1n) is 8.81. The minimum atomic E-state index is 0.0931. The van der Waals surface area contributed by atoms with Crippen molar-refractivity contribution >= 4 is 0 Å². The molecule has 0 aliphatic heterocycles. The first-order chi connectivity index (χ1) is 9.91. The van der Waals surface area contributed by atoms with E-state index in [1.165, 1.54) is 38.5 Å². The van der Waals surface area contributed by atoms with Gasteiger partial charge in [-0.15, -0.1) is 0 Å². The van der Waals surface area contributed by atoms with Crippen LogP contribution in [0.4, 0.5) is 0 Å². The van der Waals surface area contributed by atoms with Gasteiger partial charge in [0.05, 0.1) is 18.1 Å². The van der Waals surface area contributed by atoms with Crippen LogP contribution in [0.25, 0.3) is 0 Å². The second-order valence-corrected chi connectivity index (χ2v) is 10.5. The molecule has 0 spiro atoms. The van der Waals surface area contributed by atoms with Crippen LogP contribution in [0.5, 0.6) is 0 Å². The molecular weight excluding hydrogens is 270 g/mol. The largest absolute Gasteiger partial charge is 0.384 e. The van der Waals surface area contributed by atoms with Gasteiger partial charge in [-0.25, -0.2) is 0 Å². The zero-order valence-electron chi connectivity index (χ0n) is 15.8. The molecule has 2 nitrogen and oxygen atoms in total. The van der Waals surface area contributed by atoms with Crippen molar-refractivity contribution in [2.24, 2.45) is 27.1 Å². The molecule has 126 valence electrons. The van der Waals surface area contributed by atoms with E-state index in [4.69, 9.17) is 4.74 Å². The van der Waals surface area contributed by atoms with E-state index in [2.05, 4.69) is 47.6 Å². The topological polar surface area (TPSA) is 33.0 Å². The Bertz CT molecular complexity index is 447. The lowest BCUT2D eigenvalue weighted by Gasteiger charge is -2.69. The Kier molecular flexibility index (Phi) is 4.23. The lowest BCUT2D eigenvalue weighted by molar-refractivity contribution is -0.184. The number of hydrogen-bond donors (Lipinski definition) is 0. The van der Waals surface area contributed by atoms with Crippen LogP contribution in [0, 0.1) is 38.4 Å². The predicted octanol–water partition coefficient (Wildman–Crippen LogP) is 5.58. The summed E-state index contributed by atoms with van der Waals surface area (Å²) in [5.74, 6) is 0. The van der Waals surface area contributed by atoms with Gasteiger partial charge in [0.1, 0.15) is 0 Å². The van der Waals surface area contributed by atoms with Crippen molar-refractivity contribution in [2.75, 3.05) is 13.7 Å². The average Bonchev–Trinajstić information content (AvgIpc) is 2.29. The van der Waals surface area contributed by atoms with Gasteiger partial charge in [-0.2, -0.15) is 5.26 Å². The van der Waals surface area contributed by atoms with Crippen molar-refractivity contribution < 1.29 is 4.74 Å². The van der Waals surface area contributed by atoms with Crippen molar-refractivity contribution in [1.29, 1.82) is 5.26 Å². The van der Waals surface area contributed by atoms with E-state index in [9.17, 15) is 5.26 Å². The maximum Gasteiger partial charge on any atom is 0.0690 e. The molecule has 0 aromatic carbocycles. The maximum absolute atomic E-state index is 9.18. The molecule has 0 saturated heterocycles. The van der Waals surface area contributed by atoms with E-state index in [0.29, 0.717) is 10.8 Å². The van der Waals surface area contributed by atoms with Gasteiger partial charge in [-0.3, -0.25) is 0 Å². The molecule has 2 bridgehead atoms. The summed E-state index contributed by atoms with van der Waals surface area (Å²) >= 11 is 0. The molecule has 3 rings (SSSR count). The number of rotatable bonds is 8. The van der Waals surface area contributed by atoms with E-state index in [0.717, 1.165) is 6.61 Å². The molecule has 3 fully saturated rings. The van der Waals surface area contributed by atoms with Crippen molar-refractivity contribution in [1.82, 2.24) is 0 Å².